The van der Waals surface area contributed by atoms with Crippen LogP contribution in [0.15, 0.2) is 0 Å². The van der Waals surface area contributed by atoms with E-state index in [0.29, 0.717) is 25.7 Å². The summed E-state index contributed by atoms with van der Waals surface area (Å²) in [5.41, 5.74) is 0. The summed E-state index contributed by atoms with van der Waals surface area (Å²) in [6.07, 6.45) is 40.7. The monoisotopic (exact) mass is 1210 g/mol. The standard InChI is InChI=1S/C63H122O17P2/c1-6-10-13-16-18-20-22-23-24-25-26-28-30-32-38-43-48-62(67)79-59(53-74-61(66)47-42-37-31-29-27-21-19-17-14-11-7-2)55-78-82(71,72)76-51-57(64)50-75-81(69,70)77-54-58(52-73-60(65)46-41-35-15-12-8-3)80-63(68)49-44-39-34-33-36-40-45-56(5)9-4/h56-59,64H,6-55H2,1-5H3,(H,69,70)(H,71,72)/t56?,57-,58+,59+/m0/s1. The first-order valence-electron chi connectivity index (χ1n) is 33.2. The van der Waals surface area contributed by atoms with Crippen molar-refractivity contribution >= 4 is 39.5 Å². The molecule has 82 heavy (non-hydrogen) atoms. The van der Waals surface area contributed by atoms with E-state index in [1.54, 1.807) is 0 Å². The van der Waals surface area contributed by atoms with E-state index in [1.807, 2.05) is 0 Å². The molecule has 0 rings (SSSR count). The Bertz CT molecular complexity index is 1600. The summed E-state index contributed by atoms with van der Waals surface area (Å²) in [6.45, 7) is 7.05. The number of rotatable bonds is 63. The average Bonchev–Trinajstić information content (AvgIpc) is 3.46. The number of unbranched alkanes of at least 4 members (excludes halogenated alkanes) is 34. The predicted octanol–water partition coefficient (Wildman–Crippen LogP) is 17.4. The predicted molar refractivity (Wildman–Crippen MR) is 326 cm³/mol. The van der Waals surface area contributed by atoms with E-state index in [2.05, 4.69) is 34.6 Å². The molecule has 0 saturated carbocycles. The number of phosphoric acid groups is 2. The molecule has 17 nitrogen and oxygen atoms in total. The fraction of sp³-hybridized carbons (Fsp3) is 0.937. The van der Waals surface area contributed by atoms with Crippen molar-refractivity contribution < 1.29 is 80.2 Å². The van der Waals surface area contributed by atoms with Gasteiger partial charge in [0.25, 0.3) is 0 Å². The third kappa shape index (κ3) is 55.9. The summed E-state index contributed by atoms with van der Waals surface area (Å²) in [5.74, 6) is -1.43. The van der Waals surface area contributed by atoms with E-state index < -0.39 is 97.5 Å². The number of aliphatic hydroxyl groups is 1. The normalized spacial score (nSPS) is 14.6. The number of ether oxygens (including phenoxy) is 4. The molecule has 0 saturated heterocycles. The molecule has 3 unspecified atom stereocenters. The molecule has 0 heterocycles. The van der Waals surface area contributed by atoms with Gasteiger partial charge in [-0.2, -0.15) is 0 Å². The molecule has 0 aromatic heterocycles. The lowest BCUT2D eigenvalue weighted by Gasteiger charge is -2.21. The van der Waals surface area contributed by atoms with E-state index in [1.165, 1.54) is 135 Å². The maximum Gasteiger partial charge on any atom is 0.472 e. The van der Waals surface area contributed by atoms with Crippen LogP contribution in [0.5, 0.6) is 0 Å². The lowest BCUT2D eigenvalue weighted by molar-refractivity contribution is -0.161. The van der Waals surface area contributed by atoms with Crippen LogP contribution in [-0.4, -0.2) is 96.7 Å². The highest BCUT2D eigenvalue weighted by molar-refractivity contribution is 7.47. The summed E-state index contributed by atoms with van der Waals surface area (Å²) in [7, 11) is -9.88. The van der Waals surface area contributed by atoms with Crippen LogP contribution in [-0.2, 0) is 65.4 Å². The van der Waals surface area contributed by atoms with Crippen molar-refractivity contribution in [2.45, 2.75) is 335 Å². The average molecular weight is 1210 g/mol. The molecule has 6 atom stereocenters. The molecule has 0 bridgehead atoms. The van der Waals surface area contributed by atoms with Gasteiger partial charge >= 0.3 is 39.5 Å². The highest BCUT2D eigenvalue weighted by atomic mass is 31.2. The summed E-state index contributed by atoms with van der Waals surface area (Å²) < 4.78 is 67.8. The van der Waals surface area contributed by atoms with Gasteiger partial charge in [0.1, 0.15) is 19.3 Å². The van der Waals surface area contributed by atoms with E-state index in [4.69, 9.17) is 37.0 Å². The second kappa shape index (κ2) is 56.8. The molecule has 3 N–H and O–H groups in total. The van der Waals surface area contributed by atoms with Gasteiger partial charge in [0.2, 0.25) is 0 Å². The molecule has 19 heteroatoms. The summed E-state index contributed by atoms with van der Waals surface area (Å²) in [6, 6.07) is 0. The van der Waals surface area contributed by atoms with E-state index >= 15 is 0 Å². The molecule has 486 valence electrons. The molecule has 0 amide bonds. The topological polar surface area (TPSA) is 237 Å². The van der Waals surface area contributed by atoms with Crippen molar-refractivity contribution in [3.05, 3.63) is 0 Å². The van der Waals surface area contributed by atoms with Crippen LogP contribution < -0.4 is 0 Å². The van der Waals surface area contributed by atoms with Crippen LogP contribution in [0.1, 0.15) is 317 Å². The zero-order chi connectivity index (χ0) is 60.6. The third-order valence-electron chi connectivity index (χ3n) is 14.9. The lowest BCUT2D eigenvalue weighted by atomic mass is 10.00. The van der Waals surface area contributed by atoms with Crippen LogP contribution in [0.3, 0.4) is 0 Å². The second-order valence-electron chi connectivity index (χ2n) is 23.0. The van der Waals surface area contributed by atoms with Gasteiger partial charge in [-0.3, -0.25) is 37.3 Å². The second-order valence-corrected chi connectivity index (χ2v) is 25.9. The molecule has 0 aliphatic rings. The number of phosphoric ester groups is 2. The maximum atomic E-state index is 13.0. The molecule has 0 radical (unpaired) electrons. The van der Waals surface area contributed by atoms with Gasteiger partial charge in [0.15, 0.2) is 12.2 Å². The number of carbonyl (C=O) groups excluding carboxylic acids is 4. The van der Waals surface area contributed by atoms with Crippen LogP contribution >= 0.6 is 15.6 Å². The number of hydrogen-bond acceptors (Lipinski definition) is 15. The molecule has 0 aromatic rings. The lowest BCUT2D eigenvalue weighted by Crippen LogP contribution is -2.30. The highest BCUT2D eigenvalue weighted by Crippen LogP contribution is 2.45. The van der Waals surface area contributed by atoms with Crippen LogP contribution in [0.25, 0.3) is 0 Å². The third-order valence-corrected chi connectivity index (χ3v) is 16.8. The van der Waals surface area contributed by atoms with Gasteiger partial charge in [-0.15, -0.1) is 0 Å². The Kier molecular flexibility index (Phi) is 55.5. The van der Waals surface area contributed by atoms with Crippen LogP contribution in [0, 0.1) is 5.92 Å². The highest BCUT2D eigenvalue weighted by Gasteiger charge is 2.30. The van der Waals surface area contributed by atoms with Gasteiger partial charge in [0, 0.05) is 25.7 Å². The number of esters is 4. The van der Waals surface area contributed by atoms with Gasteiger partial charge in [0.05, 0.1) is 26.4 Å². The van der Waals surface area contributed by atoms with E-state index in [0.717, 1.165) is 102 Å². The summed E-state index contributed by atoms with van der Waals surface area (Å²) >= 11 is 0. The minimum atomic E-state index is -4.94. The minimum Gasteiger partial charge on any atom is -0.462 e. The Labute approximate surface area is 498 Å². The Hall–Kier alpha value is -1.94. The molecule has 0 fully saturated rings. The Balaban J connectivity index is 5.16. The Morgan fingerprint density at radius 1 is 0.341 bits per heavy atom. The molecule has 0 aliphatic carbocycles. The van der Waals surface area contributed by atoms with Crippen LogP contribution in [0.4, 0.5) is 0 Å². The zero-order valence-electron chi connectivity index (χ0n) is 52.6. The Morgan fingerprint density at radius 2 is 0.585 bits per heavy atom. The first-order valence-corrected chi connectivity index (χ1v) is 36.2. The first-order chi connectivity index (χ1) is 39.6. The number of carbonyl (C=O) groups is 4. The van der Waals surface area contributed by atoms with E-state index in [9.17, 15) is 43.2 Å². The van der Waals surface area contributed by atoms with Gasteiger partial charge in [-0.1, -0.05) is 266 Å². The molecule has 0 aliphatic heterocycles. The quantitative estimate of drug-likeness (QED) is 0.0222. The van der Waals surface area contributed by atoms with Crippen molar-refractivity contribution in [3.8, 4) is 0 Å². The van der Waals surface area contributed by atoms with E-state index in [-0.39, 0.29) is 25.7 Å². The molecule has 0 spiro atoms. The van der Waals surface area contributed by atoms with Crippen LogP contribution in [0.2, 0.25) is 0 Å². The SMILES string of the molecule is CCCCCCCCCCCCCCCCCCC(=O)O[C@H](COC(=O)CCCCCCCCCCCCC)COP(=O)(O)OC[C@@H](O)COP(=O)(O)OC[C@@H](COC(=O)CCCCCCC)OC(=O)CCCCCCCCC(C)CC. The van der Waals surface area contributed by atoms with Gasteiger partial charge < -0.3 is 33.8 Å². The summed E-state index contributed by atoms with van der Waals surface area (Å²) in [5, 5.41) is 10.5. The first kappa shape index (κ1) is 80.1. The summed E-state index contributed by atoms with van der Waals surface area (Å²) in [4.78, 5) is 71.9. The smallest absolute Gasteiger partial charge is 0.462 e. The number of aliphatic hydroxyl groups excluding tert-OH is 1. The zero-order valence-corrected chi connectivity index (χ0v) is 54.4. The van der Waals surface area contributed by atoms with Crippen molar-refractivity contribution in [1.29, 1.82) is 0 Å². The minimum absolute atomic E-state index is 0.102. The fourth-order valence-electron chi connectivity index (χ4n) is 9.37. The Morgan fingerprint density at radius 3 is 0.866 bits per heavy atom. The molecule has 0 aromatic carbocycles. The van der Waals surface area contributed by atoms with Crippen molar-refractivity contribution in [2.75, 3.05) is 39.6 Å². The molecular weight excluding hydrogens is 1090 g/mol. The fourth-order valence-corrected chi connectivity index (χ4v) is 11.0. The maximum absolute atomic E-state index is 13.0. The largest absolute Gasteiger partial charge is 0.472 e. The van der Waals surface area contributed by atoms with Crippen molar-refractivity contribution in [1.82, 2.24) is 0 Å². The van der Waals surface area contributed by atoms with Crippen molar-refractivity contribution in [2.24, 2.45) is 5.92 Å². The number of hydrogen-bond donors (Lipinski definition) is 3. The van der Waals surface area contributed by atoms with Gasteiger partial charge in [-0.05, 0) is 31.6 Å². The van der Waals surface area contributed by atoms with Crippen molar-refractivity contribution in [3.63, 3.8) is 0 Å². The van der Waals surface area contributed by atoms with Gasteiger partial charge in [-0.25, -0.2) is 9.13 Å². The molecular formula is C63H122O17P2.